The van der Waals surface area contributed by atoms with E-state index in [4.69, 9.17) is 0 Å². The minimum atomic E-state index is -2.09. The lowest BCUT2D eigenvalue weighted by atomic mass is 9.61. The average molecular weight is 887 g/mol. The van der Waals surface area contributed by atoms with E-state index in [1.54, 1.807) is 5.19 Å². The van der Waals surface area contributed by atoms with E-state index >= 15 is 0 Å². The largest absolute Gasteiger partial charge is 0.337 e. The van der Waals surface area contributed by atoms with Gasteiger partial charge in [-0.2, -0.15) is 0 Å². The number of nitrogens with zero attached hydrogens (tertiary/aromatic N) is 2. The van der Waals surface area contributed by atoms with E-state index in [1.807, 2.05) is 0 Å². The van der Waals surface area contributed by atoms with Crippen molar-refractivity contribution in [1.29, 1.82) is 0 Å². The van der Waals surface area contributed by atoms with Crippen LogP contribution in [0, 0.1) is 0 Å². The van der Waals surface area contributed by atoms with Crippen molar-refractivity contribution < 1.29 is 0 Å². The fourth-order valence-electron chi connectivity index (χ4n) is 13.0. The van der Waals surface area contributed by atoms with Gasteiger partial charge in [0.25, 0.3) is 0 Å². The molecule has 3 aliphatic rings. The van der Waals surface area contributed by atoms with Gasteiger partial charge in [-0.15, -0.1) is 0 Å². The molecular formula is C64H62N2Si. The summed E-state index contributed by atoms with van der Waals surface area (Å²) in [5.41, 5.74) is 20.3. The Morgan fingerprint density at radius 1 is 0.493 bits per heavy atom. The second-order valence-electron chi connectivity index (χ2n) is 21.7. The summed E-state index contributed by atoms with van der Waals surface area (Å²) in [4.78, 5) is 2.83. The van der Waals surface area contributed by atoms with Crippen LogP contribution < -0.4 is 15.3 Å². The van der Waals surface area contributed by atoms with Crippen LogP contribution in [0.4, 0.5) is 11.4 Å². The lowest BCUT2D eigenvalue weighted by Gasteiger charge is -2.44. The van der Waals surface area contributed by atoms with Gasteiger partial charge in [0.1, 0.15) is 8.07 Å². The molecule has 1 fully saturated rings. The molecule has 67 heavy (non-hydrogen) atoms. The molecule has 0 spiro atoms. The molecule has 0 atom stereocenters. The van der Waals surface area contributed by atoms with Crippen molar-refractivity contribution in [3.63, 3.8) is 0 Å². The van der Waals surface area contributed by atoms with Crippen LogP contribution in [0.2, 0.25) is 13.1 Å². The molecule has 2 heterocycles. The maximum atomic E-state index is 2.83. The molecule has 0 amide bonds. The molecule has 1 aromatic heterocycles. The summed E-state index contributed by atoms with van der Waals surface area (Å²) in [6, 6.07) is 67.8. The molecule has 12 rings (SSSR count). The summed E-state index contributed by atoms with van der Waals surface area (Å²) in [6.07, 6.45) is 8.53. The van der Waals surface area contributed by atoms with E-state index in [1.165, 1.54) is 145 Å². The molecule has 9 aromatic rings. The van der Waals surface area contributed by atoms with Crippen molar-refractivity contribution in [2.24, 2.45) is 0 Å². The van der Waals surface area contributed by atoms with Crippen molar-refractivity contribution in [3.05, 3.63) is 187 Å². The molecule has 2 nitrogen and oxygen atoms in total. The molecule has 0 N–H and O–H groups in total. The first kappa shape index (κ1) is 42.0. The zero-order valence-corrected chi connectivity index (χ0v) is 41.2. The number of rotatable bonds is 7. The number of para-hydroxylation sites is 2. The molecule has 3 heteroatoms. The Hall–Kier alpha value is -6.42. The van der Waals surface area contributed by atoms with Crippen molar-refractivity contribution in [2.45, 2.75) is 103 Å². The summed E-state index contributed by atoms with van der Waals surface area (Å²) < 4.78 is 2.61. The molecule has 0 unspecified atom stereocenters. The highest BCUT2D eigenvalue weighted by Crippen LogP contribution is 2.53. The van der Waals surface area contributed by atoms with Crippen LogP contribution in [0.15, 0.2) is 176 Å². The van der Waals surface area contributed by atoms with Gasteiger partial charge in [-0.1, -0.05) is 206 Å². The van der Waals surface area contributed by atoms with E-state index < -0.39 is 8.07 Å². The van der Waals surface area contributed by atoms with Crippen LogP contribution in [-0.2, 0) is 10.8 Å². The first-order valence-corrected chi connectivity index (χ1v) is 28.0. The Kier molecular flexibility index (Phi) is 9.93. The van der Waals surface area contributed by atoms with Crippen LogP contribution in [0.25, 0.3) is 72.0 Å². The van der Waals surface area contributed by atoms with E-state index in [9.17, 15) is 0 Å². The van der Waals surface area contributed by atoms with Crippen LogP contribution in [0.1, 0.15) is 83.8 Å². The molecule has 332 valence electrons. The van der Waals surface area contributed by atoms with E-state index in [0.717, 1.165) is 0 Å². The van der Waals surface area contributed by atoms with E-state index in [2.05, 4.69) is 226 Å². The minimum Gasteiger partial charge on any atom is -0.337 e. The Labute approximate surface area is 399 Å². The first-order valence-electron chi connectivity index (χ1n) is 25.0. The lowest BCUT2D eigenvalue weighted by molar-refractivity contribution is 0.333. The van der Waals surface area contributed by atoms with Gasteiger partial charge in [0.2, 0.25) is 0 Å². The molecule has 0 saturated heterocycles. The molecular weight excluding hydrogens is 825 g/mol. The zero-order valence-electron chi connectivity index (χ0n) is 40.2. The summed E-state index contributed by atoms with van der Waals surface area (Å²) in [5.74, 6) is 0. The molecule has 0 radical (unpaired) electrons. The highest BCUT2D eigenvalue weighted by molar-refractivity contribution is 7.04. The fourth-order valence-corrected chi connectivity index (χ4v) is 16.5. The van der Waals surface area contributed by atoms with Crippen molar-refractivity contribution in [3.8, 4) is 50.2 Å². The number of fused-ring (bicyclic) bond motifs is 7. The molecule has 1 aliphatic heterocycles. The maximum Gasteiger partial charge on any atom is 0.114 e. The van der Waals surface area contributed by atoms with Gasteiger partial charge in [0.05, 0.1) is 16.7 Å². The van der Waals surface area contributed by atoms with Crippen molar-refractivity contribution >= 4 is 51.6 Å². The van der Waals surface area contributed by atoms with E-state index in [0.29, 0.717) is 6.04 Å². The maximum absolute atomic E-state index is 2.83. The predicted octanol–water partition coefficient (Wildman–Crippen LogP) is 16.4. The quantitative estimate of drug-likeness (QED) is 0.145. The predicted molar refractivity (Wildman–Crippen MR) is 290 cm³/mol. The second-order valence-corrected chi connectivity index (χ2v) is 26.0. The van der Waals surface area contributed by atoms with Gasteiger partial charge in [-0.3, -0.25) is 0 Å². The van der Waals surface area contributed by atoms with Crippen LogP contribution in [0.5, 0.6) is 0 Å². The number of hydrogen-bond donors (Lipinski definition) is 0. The van der Waals surface area contributed by atoms with Gasteiger partial charge >= 0.3 is 0 Å². The van der Waals surface area contributed by atoms with Crippen molar-refractivity contribution in [2.75, 3.05) is 4.90 Å². The number of anilines is 2. The molecule has 8 aromatic carbocycles. The normalized spacial score (nSPS) is 17.0. The van der Waals surface area contributed by atoms with Crippen LogP contribution >= 0.6 is 0 Å². The third-order valence-electron chi connectivity index (χ3n) is 16.4. The van der Waals surface area contributed by atoms with Crippen LogP contribution in [-0.4, -0.2) is 18.7 Å². The summed E-state index contributed by atoms with van der Waals surface area (Å²) in [6.45, 7) is 15.0. The lowest BCUT2D eigenvalue weighted by Crippen LogP contribution is -2.50. The average Bonchev–Trinajstić information content (AvgIpc) is 3.83. The van der Waals surface area contributed by atoms with Gasteiger partial charge in [0, 0.05) is 39.3 Å². The number of aromatic nitrogens is 1. The van der Waals surface area contributed by atoms with Crippen LogP contribution in [0.3, 0.4) is 0 Å². The van der Waals surface area contributed by atoms with Crippen molar-refractivity contribution in [1.82, 2.24) is 4.57 Å². The topological polar surface area (TPSA) is 8.17 Å². The van der Waals surface area contributed by atoms with Gasteiger partial charge in [0.15, 0.2) is 0 Å². The Morgan fingerprint density at radius 2 is 1.10 bits per heavy atom. The number of benzene rings is 8. The first-order chi connectivity index (χ1) is 32.5. The third-order valence-corrected chi connectivity index (χ3v) is 20.0. The molecule has 0 bridgehead atoms. The zero-order chi connectivity index (χ0) is 45.7. The SMILES string of the molecule is CC1(C)CCC(C)(C)c2c(-c3ccccc3N(c3ccc(-c4cccc5c4[Si](C)(C)c4ccccc4-5)c4c3c3ccccc3n4-c3ccc(-c4ccccc4)cc3)C3CCCCC3)cccc21. The molecule has 2 aliphatic carbocycles. The molecule has 1 saturated carbocycles. The smallest absolute Gasteiger partial charge is 0.114 e. The minimum absolute atomic E-state index is 0.0648. The Morgan fingerprint density at radius 3 is 1.90 bits per heavy atom. The monoisotopic (exact) mass is 886 g/mol. The summed E-state index contributed by atoms with van der Waals surface area (Å²) >= 11 is 0. The Bertz CT molecular complexity index is 3360. The standard InChI is InChI=1S/C64H62N2Si/c1-63(2)41-42-64(3,4)60-49(28-20-31-54(60)63)47-25-13-16-32-55(47)65(45-23-11-8-12-24-45)57-40-39-50(52-30-19-29-51-48-26-15-18-34-58(48)67(5,6)62(51)52)61-59(57)53-27-14-17-33-56(53)66(61)46-37-35-44(36-38-46)43-21-9-7-10-22-43/h7,9-10,13-22,25-40,45H,8,11-12,23-24,41-42H2,1-6H3. The highest BCUT2D eigenvalue weighted by atomic mass is 28.3. The highest BCUT2D eigenvalue weighted by Gasteiger charge is 2.41. The third kappa shape index (κ3) is 6.63. The summed E-state index contributed by atoms with van der Waals surface area (Å²) in [7, 11) is -2.09. The van der Waals surface area contributed by atoms with E-state index in [-0.39, 0.29) is 10.8 Å². The van der Waals surface area contributed by atoms with Gasteiger partial charge < -0.3 is 9.47 Å². The van der Waals surface area contributed by atoms with Gasteiger partial charge in [-0.25, -0.2) is 0 Å². The summed E-state index contributed by atoms with van der Waals surface area (Å²) in [5, 5.41) is 5.73. The fraction of sp³-hybridized carbons (Fsp3) is 0.250. The second kappa shape index (κ2) is 15.8. The number of hydrogen-bond acceptors (Lipinski definition) is 1. The van der Waals surface area contributed by atoms with Gasteiger partial charge in [-0.05, 0) is 122 Å². The Balaban J connectivity index is 1.17.